The van der Waals surface area contributed by atoms with Crippen molar-refractivity contribution in [3.8, 4) is 0 Å². The van der Waals surface area contributed by atoms with E-state index in [1.54, 1.807) is 19.1 Å². The van der Waals surface area contributed by atoms with Gasteiger partial charge in [0, 0.05) is 11.7 Å². The highest BCUT2D eigenvalue weighted by Gasteiger charge is 2.21. The number of carboxylic acids is 1. The number of hydrogen-bond acceptors (Lipinski definition) is 2. The van der Waals surface area contributed by atoms with Crippen molar-refractivity contribution in [1.29, 1.82) is 0 Å². The molecule has 0 radical (unpaired) electrons. The Bertz CT molecular complexity index is 518. The highest BCUT2D eigenvalue weighted by Crippen LogP contribution is 2.19. The second-order valence-corrected chi connectivity index (χ2v) is 6.02. The molecule has 0 aliphatic rings. The van der Waals surface area contributed by atoms with Crippen LogP contribution in [0.1, 0.15) is 43.6 Å². The Kier molecular flexibility index (Phi) is 4.76. The van der Waals surface area contributed by atoms with E-state index in [-0.39, 0.29) is 23.1 Å². The number of carbonyl (C=O) groups is 2. The van der Waals surface area contributed by atoms with E-state index in [2.05, 4.69) is 10.6 Å². The van der Waals surface area contributed by atoms with Crippen LogP contribution >= 0.6 is 0 Å². The number of nitrogens with one attached hydrogen (secondary N) is 2. The number of hydrogen-bond donors (Lipinski definition) is 3. The Labute approximate surface area is 119 Å². The lowest BCUT2D eigenvalue weighted by molar-refractivity contribution is 0.0696. The molecule has 0 saturated heterocycles. The highest BCUT2D eigenvalue weighted by atomic mass is 16.4. The molecule has 0 bridgehead atoms. The molecule has 0 aliphatic carbocycles. The third-order valence-electron chi connectivity index (χ3n) is 3.37. The standard InChI is InChI=1S/C15H22N2O3/c1-9-6-7-11(8-12(9)13(18)19)17-14(20)16-10(2)15(3,4)5/h6-8,10H,1-5H3,(H,18,19)(H2,16,17,20). The number of aryl methyl sites for hydroxylation is 1. The maximum atomic E-state index is 11.9. The zero-order valence-electron chi connectivity index (χ0n) is 12.6. The zero-order valence-corrected chi connectivity index (χ0v) is 12.6. The molecule has 1 aromatic carbocycles. The fourth-order valence-corrected chi connectivity index (χ4v) is 1.51. The molecule has 5 heteroatoms. The van der Waals surface area contributed by atoms with Crippen LogP contribution in [0.3, 0.4) is 0 Å². The third-order valence-corrected chi connectivity index (χ3v) is 3.37. The molecule has 5 nitrogen and oxygen atoms in total. The van der Waals surface area contributed by atoms with E-state index < -0.39 is 5.97 Å². The topological polar surface area (TPSA) is 78.4 Å². The smallest absolute Gasteiger partial charge is 0.336 e. The van der Waals surface area contributed by atoms with Crippen LogP contribution in [0.4, 0.5) is 10.5 Å². The van der Waals surface area contributed by atoms with Crippen LogP contribution in [-0.4, -0.2) is 23.1 Å². The van der Waals surface area contributed by atoms with E-state index in [9.17, 15) is 9.59 Å². The SMILES string of the molecule is Cc1ccc(NC(=O)NC(C)C(C)(C)C)cc1C(=O)O. The highest BCUT2D eigenvalue weighted by molar-refractivity contribution is 5.94. The van der Waals surface area contributed by atoms with Crippen molar-refractivity contribution < 1.29 is 14.7 Å². The average Bonchev–Trinajstić information content (AvgIpc) is 2.29. The van der Waals surface area contributed by atoms with Gasteiger partial charge in [0.25, 0.3) is 0 Å². The monoisotopic (exact) mass is 278 g/mol. The van der Waals surface area contributed by atoms with Crippen LogP contribution < -0.4 is 10.6 Å². The summed E-state index contributed by atoms with van der Waals surface area (Å²) in [6.07, 6.45) is 0. The first-order valence-corrected chi connectivity index (χ1v) is 6.52. The van der Waals surface area contributed by atoms with E-state index in [0.717, 1.165) is 0 Å². The number of carboxylic acid groups (broad SMARTS) is 1. The van der Waals surface area contributed by atoms with Gasteiger partial charge >= 0.3 is 12.0 Å². The van der Waals surface area contributed by atoms with Gasteiger partial charge in [-0.05, 0) is 37.0 Å². The van der Waals surface area contributed by atoms with Crippen LogP contribution in [-0.2, 0) is 0 Å². The summed E-state index contributed by atoms with van der Waals surface area (Å²) >= 11 is 0. The predicted molar refractivity (Wildman–Crippen MR) is 79.2 cm³/mol. The van der Waals surface area contributed by atoms with Crippen molar-refractivity contribution in [2.24, 2.45) is 5.41 Å². The minimum atomic E-state index is -1.00. The molecule has 20 heavy (non-hydrogen) atoms. The average molecular weight is 278 g/mol. The van der Waals surface area contributed by atoms with E-state index in [1.807, 2.05) is 27.7 Å². The lowest BCUT2D eigenvalue weighted by Crippen LogP contribution is -2.43. The Morgan fingerprint density at radius 3 is 2.35 bits per heavy atom. The van der Waals surface area contributed by atoms with E-state index in [1.165, 1.54) is 6.07 Å². The molecule has 0 spiro atoms. The number of urea groups is 1. The van der Waals surface area contributed by atoms with Gasteiger partial charge in [-0.2, -0.15) is 0 Å². The molecule has 1 unspecified atom stereocenters. The number of carbonyl (C=O) groups excluding carboxylic acids is 1. The van der Waals surface area contributed by atoms with Crippen molar-refractivity contribution >= 4 is 17.7 Å². The van der Waals surface area contributed by atoms with Gasteiger partial charge in [0.05, 0.1) is 5.56 Å². The van der Waals surface area contributed by atoms with E-state index in [4.69, 9.17) is 5.11 Å². The maximum absolute atomic E-state index is 11.9. The molecule has 3 N–H and O–H groups in total. The van der Waals surface area contributed by atoms with Gasteiger partial charge in [0.2, 0.25) is 0 Å². The lowest BCUT2D eigenvalue weighted by Gasteiger charge is -2.28. The van der Waals surface area contributed by atoms with Crippen LogP contribution in [0.5, 0.6) is 0 Å². The molecule has 1 aromatic rings. The molecule has 110 valence electrons. The summed E-state index contributed by atoms with van der Waals surface area (Å²) in [7, 11) is 0. The van der Waals surface area contributed by atoms with Crippen molar-refractivity contribution in [2.75, 3.05) is 5.32 Å². The summed E-state index contributed by atoms with van der Waals surface area (Å²) in [6.45, 7) is 9.75. The molecule has 0 aliphatic heterocycles. The van der Waals surface area contributed by atoms with Gasteiger partial charge in [-0.1, -0.05) is 26.8 Å². The second-order valence-electron chi connectivity index (χ2n) is 6.02. The molecular formula is C15H22N2O3. The lowest BCUT2D eigenvalue weighted by atomic mass is 9.88. The summed E-state index contributed by atoms with van der Waals surface area (Å²) < 4.78 is 0. The fourth-order valence-electron chi connectivity index (χ4n) is 1.51. The van der Waals surface area contributed by atoms with Gasteiger partial charge in [-0.15, -0.1) is 0 Å². The number of rotatable bonds is 3. The second kappa shape index (κ2) is 5.94. The van der Waals surface area contributed by atoms with Gasteiger partial charge in [0.1, 0.15) is 0 Å². The summed E-state index contributed by atoms with van der Waals surface area (Å²) in [5.41, 5.74) is 1.27. The first kappa shape index (κ1) is 16.0. The number of aromatic carboxylic acids is 1. The van der Waals surface area contributed by atoms with Crippen LogP contribution in [0, 0.1) is 12.3 Å². The first-order valence-electron chi connectivity index (χ1n) is 6.52. The van der Waals surface area contributed by atoms with Crippen molar-refractivity contribution in [1.82, 2.24) is 5.32 Å². The quantitative estimate of drug-likeness (QED) is 0.794. The van der Waals surface area contributed by atoms with Crippen LogP contribution in [0.25, 0.3) is 0 Å². The van der Waals surface area contributed by atoms with Gasteiger partial charge in [0.15, 0.2) is 0 Å². The van der Waals surface area contributed by atoms with Crippen LogP contribution in [0.15, 0.2) is 18.2 Å². The number of amides is 2. The molecule has 0 aromatic heterocycles. The van der Waals surface area contributed by atoms with E-state index >= 15 is 0 Å². The molecular weight excluding hydrogens is 256 g/mol. The van der Waals surface area contributed by atoms with Gasteiger partial charge in [-0.25, -0.2) is 9.59 Å². The predicted octanol–water partition coefficient (Wildman–Crippen LogP) is 3.25. The summed E-state index contributed by atoms with van der Waals surface area (Å²) in [4.78, 5) is 22.9. The molecule has 0 heterocycles. The minimum Gasteiger partial charge on any atom is -0.478 e. The van der Waals surface area contributed by atoms with Crippen molar-refractivity contribution in [3.05, 3.63) is 29.3 Å². The zero-order chi connectivity index (χ0) is 15.5. The largest absolute Gasteiger partial charge is 0.478 e. The third kappa shape index (κ3) is 4.26. The molecule has 1 atom stereocenters. The Morgan fingerprint density at radius 1 is 1.25 bits per heavy atom. The summed E-state index contributed by atoms with van der Waals surface area (Å²) in [6, 6.07) is 4.47. The Morgan fingerprint density at radius 2 is 1.85 bits per heavy atom. The van der Waals surface area contributed by atoms with Crippen molar-refractivity contribution in [3.63, 3.8) is 0 Å². The summed E-state index contributed by atoms with van der Waals surface area (Å²) in [5, 5.41) is 14.5. The first-order chi connectivity index (χ1) is 9.11. The minimum absolute atomic E-state index is 0.00751. The normalized spacial score (nSPS) is 12.7. The number of benzene rings is 1. The molecule has 1 rings (SSSR count). The van der Waals surface area contributed by atoms with Crippen molar-refractivity contribution in [2.45, 2.75) is 40.7 Å². The Balaban J connectivity index is 2.77. The van der Waals surface area contributed by atoms with Gasteiger partial charge in [-0.3, -0.25) is 0 Å². The fraction of sp³-hybridized carbons (Fsp3) is 0.467. The summed E-state index contributed by atoms with van der Waals surface area (Å²) in [5.74, 6) is -1.00. The van der Waals surface area contributed by atoms with Crippen LogP contribution in [0.2, 0.25) is 0 Å². The molecule has 0 fully saturated rings. The molecule has 2 amide bonds. The van der Waals surface area contributed by atoms with Gasteiger partial charge < -0.3 is 15.7 Å². The number of anilines is 1. The maximum Gasteiger partial charge on any atom is 0.336 e. The van der Waals surface area contributed by atoms with E-state index in [0.29, 0.717) is 11.3 Å². The Hall–Kier alpha value is -2.04. The molecule has 0 saturated carbocycles.